The lowest BCUT2D eigenvalue weighted by atomic mass is 10.1. The number of thiophene rings is 1. The van der Waals surface area contributed by atoms with Gasteiger partial charge in [-0.25, -0.2) is 0 Å². The van der Waals surface area contributed by atoms with Crippen LogP contribution in [0, 0.1) is 11.3 Å². The number of amides is 1. The molecule has 1 N–H and O–H groups in total. The predicted molar refractivity (Wildman–Crippen MR) is 82.1 cm³/mol. The minimum atomic E-state index is -2.95. The SMILES string of the molecule is N#Cc1c(NC(=O)c2cccc(OC(F)F)c2)sc2c1CCC2. The van der Waals surface area contributed by atoms with Crippen molar-refractivity contribution >= 4 is 22.2 Å². The fourth-order valence-corrected chi connectivity index (χ4v) is 3.83. The molecule has 2 aromatic rings. The van der Waals surface area contributed by atoms with Gasteiger partial charge in [-0.2, -0.15) is 14.0 Å². The highest BCUT2D eigenvalue weighted by Gasteiger charge is 2.23. The number of nitriles is 1. The monoisotopic (exact) mass is 334 g/mol. The van der Waals surface area contributed by atoms with Crippen molar-refractivity contribution in [1.82, 2.24) is 0 Å². The Hall–Kier alpha value is -2.46. The van der Waals surface area contributed by atoms with Gasteiger partial charge in [-0.05, 0) is 43.0 Å². The minimum absolute atomic E-state index is 0.0816. The summed E-state index contributed by atoms with van der Waals surface area (Å²) >= 11 is 1.41. The molecule has 23 heavy (non-hydrogen) atoms. The number of benzene rings is 1. The van der Waals surface area contributed by atoms with Crippen LogP contribution < -0.4 is 10.1 Å². The molecule has 118 valence electrons. The third-order valence-electron chi connectivity index (χ3n) is 3.58. The van der Waals surface area contributed by atoms with Crippen LogP contribution in [0.25, 0.3) is 0 Å². The van der Waals surface area contributed by atoms with E-state index in [2.05, 4.69) is 16.1 Å². The molecule has 1 heterocycles. The van der Waals surface area contributed by atoms with Gasteiger partial charge >= 0.3 is 6.61 Å². The standard InChI is InChI=1S/C16H12F2N2O2S/c17-16(18)22-10-4-1-3-9(7-10)14(21)20-15-12(8-19)11-5-2-6-13(11)23-15/h1,3-4,7,16H,2,5-6H2,(H,20,21). The Morgan fingerprint density at radius 3 is 2.96 bits per heavy atom. The van der Waals surface area contributed by atoms with Crippen LogP contribution in [0.4, 0.5) is 13.8 Å². The van der Waals surface area contributed by atoms with Crippen molar-refractivity contribution in [1.29, 1.82) is 5.26 Å². The number of fused-ring (bicyclic) bond motifs is 1. The van der Waals surface area contributed by atoms with Crippen LogP contribution in [0.3, 0.4) is 0 Å². The molecule has 1 amide bonds. The number of nitrogens with one attached hydrogen (secondary N) is 1. The van der Waals surface area contributed by atoms with Crippen molar-refractivity contribution in [2.75, 3.05) is 5.32 Å². The topological polar surface area (TPSA) is 62.1 Å². The molecular weight excluding hydrogens is 322 g/mol. The maximum Gasteiger partial charge on any atom is 0.387 e. The highest BCUT2D eigenvalue weighted by atomic mass is 32.1. The normalized spacial score (nSPS) is 12.8. The molecule has 0 atom stereocenters. The average molecular weight is 334 g/mol. The molecule has 1 aromatic heterocycles. The number of alkyl halides is 2. The Balaban J connectivity index is 1.82. The molecule has 3 rings (SSSR count). The van der Waals surface area contributed by atoms with Crippen LogP contribution in [0.5, 0.6) is 5.75 Å². The fourth-order valence-electron chi connectivity index (χ4n) is 2.60. The number of nitrogens with zero attached hydrogens (tertiary/aromatic N) is 1. The highest BCUT2D eigenvalue weighted by Crippen LogP contribution is 2.38. The van der Waals surface area contributed by atoms with E-state index in [4.69, 9.17) is 0 Å². The Bertz CT molecular complexity index is 796. The third kappa shape index (κ3) is 3.17. The lowest BCUT2D eigenvalue weighted by molar-refractivity contribution is -0.0498. The van der Waals surface area contributed by atoms with E-state index in [1.165, 1.54) is 35.6 Å². The van der Waals surface area contributed by atoms with E-state index in [0.29, 0.717) is 10.6 Å². The second-order valence-electron chi connectivity index (χ2n) is 5.03. The largest absolute Gasteiger partial charge is 0.435 e. The molecule has 4 nitrogen and oxygen atoms in total. The molecular formula is C16H12F2N2O2S. The zero-order valence-corrected chi connectivity index (χ0v) is 12.8. The Morgan fingerprint density at radius 2 is 2.22 bits per heavy atom. The molecule has 1 aliphatic rings. The van der Waals surface area contributed by atoms with Gasteiger partial charge < -0.3 is 10.1 Å². The quantitative estimate of drug-likeness (QED) is 0.920. The van der Waals surface area contributed by atoms with Gasteiger partial charge in [0, 0.05) is 10.4 Å². The first-order chi connectivity index (χ1) is 11.1. The summed E-state index contributed by atoms with van der Waals surface area (Å²) < 4.78 is 28.8. The molecule has 0 spiro atoms. The van der Waals surface area contributed by atoms with Gasteiger partial charge in [0.25, 0.3) is 5.91 Å². The van der Waals surface area contributed by atoms with E-state index >= 15 is 0 Å². The number of carbonyl (C=O) groups excluding carboxylic acids is 1. The van der Waals surface area contributed by atoms with Crippen molar-refractivity contribution in [2.45, 2.75) is 25.9 Å². The highest BCUT2D eigenvalue weighted by molar-refractivity contribution is 7.16. The van der Waals surface area contributed by atoms with Gasteiger partial charge in [0.15, 0.2) is 0 Å². The third-order valence-corrected chi connectivity index (χ3v) is 4.79. The summed E-state index contributed by atoms with van der Waals surface area (Å²) in [7, 11) is 0. The summed E-state index contributed by atoms with van der Waals surface area (Å²) in [6.07, 6.45) is 2.79. The second-order valence-corrected chi connectivity index (χ2v) is 6.14. The van der Waals surface area contributed by atoms with Gasteiger partial charge in [0.2, 0.25) is 0 Å². The van der Waals surface area contributed by atoms with Crippen LogP contribution in [-0.2, 0) is 12.8 Å². The van der Waals surface area contributed by atoms with Crippen molar-refractivity contribution in [2.24, 2.45) is 0 Å². The van der Waals surface area contributed by atoms with Crippen LogP contribution in [0.2, 0.25) is 0 Å². The predicted octanol–water partition coefficient (Wildman–Crippen LogP) is 3.96. The fraction of sp³-hybridized carbons (Fsp3) is 0.250. The van der Waals surface area contributed by atoms with Gasteiger partial charge in [-0.3, -0.25) is 4.79 Å². The van der Waals surface area contributed by atoms with E-state index in [0.717, 1.165) is 29.7 Å². The van der Waals surface area contributed by atoms with Crippen molar-refractivity contribution in [3.8, 4) is 11.8 Å². The molecule has 0 saturated carbocycles. The van der Waals surface area contributed by atoms with Crippen LogP contribution in [0.1, 0.15) is 32.8 Å². The first-order valence-electron chi connectivity index (χ1n) is 6.99. The van der Waals surface area contributed by atoms with E-state index in [9.17, 15) is 18.8 Å². The van der Waals surface area contributed by atoms with Crippen LogP contribution in [0.15, 0.2) is 24.3 Å². The molecule has 0 radical (unpaired) electrons. The smallest absolute Gasteiger partial charge is 0.387 e. The lowest BCUT2D eigenvalue weighted by Crippen LogP contribution is -2.12. The molecule has 0 bridgehead atoms. The van der Waals surface area contributed by atoms with Crippen LogP contribution in [-0.4, -0.2) is 12.5 Å². The number of halogens is 2. The Kier molecular flexibility index (Phi) is 4.26. The number of hydrogen-bond donors (Lipinski definition) is 1. The molecule has 1 aromatic carbocycles. The van der Waals surface area contributed by atoms with Crippen LogP contribution >= 0.6 is 11.3 Å². The summed E-state index contributed by atoms with van der Waals surface area (Å²) in [6.45, 7) is -2.95. The summed E-state index contributed by atoms with van der Waals surface area (Å²) in [5, 5.41) is 12.5. The molecule has 0 fully saturated rings. The van der Waals surface area contributed by atoms with Gasteiger partial charge in [-0.15, -0.1) is 11.3 Å². The first kappa shape index (κ1) is 15.4. The van der Waals surface area contributed by atoms with Gasteiger partial charge in [0.1, 0.15) is 16.8 Å². The van der Waals surface area contributed by atoms with Crippen molar-refractivity contribution in [3.05, 3.63) is 45.8 Å². The summed E-state index contributed by atoms with van der Waals surface area (Å²) in [4.78, 5) is 13.4. The zero-order valence-electron chi connectivity index (χ0n) is 11.9. The van der Waals surface area contributed by atoms with Gasteiger partial charge in [0.05, 0.1) is 5.56 Å². The molecule has 0 saturated heterocycles. The number of ether oxygens (including phenoxy) is 1. The lowest BCUT2D eigenvalue weighted by Gasteiger charge is -2.07. The molecule has 0 unspecified atom stereocenters. The Morgan fingerprint density at radius 1 is 1.39 bits per heavy atom. The van der Waals surface area contributed by atoms with E-state index < -0.39 is 12.5 Å². The van der Waals surface area contributed by atoms with E-state index in [-0.39, 0.29) is 11.3 Å². The Labute approximate surface area is 135 Å². The maximum atomic E-state index is 12.3. The summed E-state index contributed by atoms with van der Waals surface area (Å²) in [5.74, 6) is -0.539. The minimum Gasteiger partial charge on any atom is -0.435 e. The number of aryl methyl sites for hydroxylation is 1. The summed E-state index contributed by atoms with van der Waals surface area (Å²) in [6, 6.07) is 7.70. The van der Waals surface area contributed by atoms with Gasteiger partial charge in [-0.1, -0.05) is 6.07 Å². The zero-order chi connectivity index (χ0) is 16.4. The van der Waals surface area contributed by atoms with Crippen molar-refractivity contribution in [3.63, 3.8) is 0 Å². The maximum absolute atomic E-state index is 12.3. The number of carbonyl (C=O) groups is 1. The van der Waals surface area contributed by atoms with E-state index in [1.54, 1.807) is 0 Å². The number of anilines is 1. The second kappa shape index (κ2) is 6.34. The van der Waals surface area contributed by atoms with Crippen molar-refractivity contribution < 1.29 is 18.3 Å². The molecule has 1 aliphatic carbocycles. The number of rotatable bonds is 4. The number of hydrogen-bond acceptors (Lipinski definition) is 4. The first-order valence-corrected chi connectivity index (χ1v) is 7.81. The molecule has 0 aliphatic heterocycles. The van der Waals surface area contributed by atoms with E-state index in [1.807, 2.05) is 0 Å². The molecule has 7 heteroatoms. The summed E-state index contributed by atoms with van der Waals surface area (Å²) in [5.41, 5.74) is 1.72. The average Bonchev–Trinajstić information content (AvgIpc) is 3.07.